The Hall–Kier alpha value is 0.180. The second kappa shape index (κ2) is 8.28. The van der Waals surface area contributed by atoms with E-state index in [-0.39, 0.29) is 0 Å². The lowest BCUT2D eigenvalue weighted by Crippen LogP contribution is -2.24. The van der Waals surface area contributed by atoms with Crippen LogP contribution in [-0.2, 0) is 0 Å². The first kappa shape index (κ1) is 11.2. The first-order chi connectivity index (χ1) is 5.35. The zero-order chi connectivity index (χ0) is 8.53. The van der Waals surface area contributed by atoms with Crippen molar-refractivity contribution in [3.05, 3.63) is 12.2 Å². The van der Waals surface area contributed by atoms with Gasteiger partial charge in [0.05, 0.1) is 0 Å². The number of alkyl halides is 1. The van der Waals surface area contributed by atoms with Crippen LogP contribution in [0.5, 0.6) is 0 Å². The molecule has 0 aromatic carbocycles. The van der Waals surface area contributed by atoms with Crippen molar-refractivity contribution in [3.8, 4) is 0 Å². The van der Waals surface area contributed by atoms with Crippen molar-refractivity contribution in [2.45, 2.75) is 20.3 Å². The molecular weight excluding hydrogens is 202 g/mol. The number of halogens is 1. The molecule has 0 aliphatic heterocycles. The van der Waals surface area contributed by atoms with Crippen molar-refractivity contribution in [2.24, 2.45) is 0 Å². The van der Waals surface area contributed by atoms with Gasteiger partial charge in [0.2, 0.25) is 0 Å². The van der Waals surface area contributed by atoms with Crippen LogP contribution in [0.3, 0.4) is 0 Å². The molecule has 0 radical (unpaired) electrons. The summed E-state index contributed by atoms with van der Waals surface area (Å²) in [4.78, 5) is 2.43. The molecule has 0 rings (SSSR count). The molecule has 0 N–H and O–H groups in total. The van der Waals surface area contributed by atoms with Gasteiger partial charge in [-0.25, -0.2) is 0 Å². The van der Waals surface area contributed by atoms with Gasteiger partial charge in [-0.05, 0) is 26.4 Å². The summed E-state index contributed by atoms with van der Waals surface area (Å²) in [6.45, 7) is 7.72. The van der Waals surface area contributed by atoms with Gasteiger partial charge in [0.1, 0.15) is 0 Å². The molecule has 0 amide bonds. The Morgan fingerprint density at radius 2 is 2.18 bits per heavy atom. The second-order valence-corrected chi connectivity index (χ2v) is 3.30. The van der Waals surface area contributed by atoms with E-state index >= 15 is 0 Å². The Morgan fingerprint density at radius 3 is 2.64 bits per heavy atom. The van der Waals surface area contributed by atoms with Crippen LogP contribution < -0.4 is 0 Å². The summed E-state index contributed by atoms with van der Waals surface area (Å²) >= 11 is 3.43. The van der Waals surface area contributed by atoms with Crippen LogP contribution in [-0.4, -0.2) is 29.9 Å². The van der Waals surface area contributed by atoms with E-state index in [1.54, 1.807) is 0 Å². The maximum atomic E-state index is 3.43. The normalized spacial score (nSPS) is 11.6. The summed E-state index contributed by atoms with van der Waals surface area (Å²) < 4.78 is 0. The molecule has 0 aliphatic carbocycles. The van der Waals surface area contributed by atoms with Gasteiger partial charge in [-0.3, -0.25) is 4.90 Å². The zero-order valence-electron chi connectivity index (χ0n) is 7.52. The van der Waals surface area contributed by atoms with Crippen LogP contribution in [0.15, 0.2) is 12.2 Å². The van der Waals surface area contributed by atoms with Gasteiger partial charge >= 0.3 is 0 Å². The van der Waals surface area contributed by atoms with E-state index in [4.69, 9.17) is 0 Å². The van der Waals surface area contributed by atoms with Crippen molar-refractivity contribution in [1.29, 1.82) is 0 Å². The van der Waals surface area contributed by atoms with E-state index < -0.39 is 0 Å². The fourth-order valence-corrected chi connectivity index (χ4v) is 1.17. The van der Waals surface area contributed by atoms with Gasteiger partial charge in [-0.2, -0.15) is 0 Å². The molecule has 11 heavy (non-hydrogen) atoms. The minimum absolute atomic E-state index is 1.10. The van der Waals surface area contributed by atoms with Gasteiger partial charge in [-0.15, -0.1) is 0 Å². The third-order valence-corrected chi connectivity index (χ3v) is 2.22. The molecule has 0 bridgehead atoms. The summed E-state index contributed by atoms with van der Waals surface area (Å²) in [5, 5.41) is 1.11. The monoisotopic (exact) mass is 219 g/mol. The predicted molar refractivity (Wildman–Crippen MR) is 55.3 cm³/mol. The summed E-state index contributed by atoms with van der Waals surface area (Å²) in [6, 6.07) is 0. The molecule has 1 nitrogen and oxygen atoms in total. The van der Waals surface area contributed by atoms with Crippen LogP contribution in [0.1, 0.15) is 20.3 Å². The molecule has 0 atom stereocenters. The number of rotatable bonds is 6. The smallest absolute Gasteiger partial charge is 0.0162 e. The summed E-state index contributed by atoms with van der Waals surface area (Å²) in [6.07, 6.45) is 5.56. The molecule has 0 fully saturated rings. The topological polar surface area (TPSA) is 3.24 Å². The third-order valence-electron chi connectivity index (χ3n) is 1.65. The van der Waals surface area contributed by atoms with Crippen LogP contribution in [0.2, 0.25) is 0 Å². The summed E-state index contributed by atoms with van der Waals surface area (Å²) in [5.74, 6) is 0. The highest BCUT2D eigenvalue weighted by atomic mass is 79.9. The molecule has 0 unspecified atom stereocenters. The minimum atomic E-state index is 1.10. The Balaban J connectivity index is 3.40. The molecule has 66 valence electrons. The Kier molecular flexibility index (Phi) is 8.41. The molecule has 0 heterocycles. The highest BCUT2D eigenvalue weighted by Gasteiger charge is 1.96. The number of nitrogens with zero attached hydrogens (tertiary/aromatic N) is 1. The van der Waals surface area contributed by atoms with Crippen molar-refractivity contribution in [1.82, 2.24) is 4.90 Å². The van der Waals surface area contributed by atoms with Crippen molar-refractivity contribution >= 4 is 15.9 Å². The van der Waals surface area contributed by atoms with Crippen LogP contribution in [0.4, 0.5) is 0 Å². The van der Waals surface area contributed by atoms with E-state index in [2.05, 4.69) is 46.8 Å². The first-order valence-corrected chi connectivity index (χ1v) is 5.36. The number of hydrogen-bond donors (Lipinski definition) is 0. The molecule has 0 saturated heterocycles. The largest absolute Gasteiger partial charge is 0.300 e. The highest BCUT2D eigenvalue weighted by Crippen LogP contribution is 1.94. The van der Waals surface area contributed by atoms with E-state index in [1.807, 2.05) is 0 Å². The fraction of sp³-hybridized carbons (Fsp3) is 0.778. The maximum absolute atomic E-state index is 3.43. The van der Waals surface area contributed by atoms with Crippen molar-refractivity contribution in [2.75, 3.05) is 25.0 Å². The van der Waals surface area contributed by atoms with Crippen LogP contribution in [0.25, 0.3) is 0 Å². The van der Waals surface area contributed by atoms with Gasteiger partial charge in [0, 0.05) is 11.9 Å². The van der Waals surface area contributed by atoms with Gasteiger partial charge in [0.25, 0.3) is 0 Å². The fourth-order valence-electron chi connectivity index (χ4n) is 0.916. The van der Waals surface area contributed by atoms with Crippen molar-refractivity contribution in [3.63, 3.8) is 0 Å². The maximum Gasteiger partial charge on any atom is 0.0162 e. The lowest BCUT2D eigenvalue weighted by molar-refractivity contribution is 0.321. The van der Waals surface area contributed by atoms with E-state index in [0.29, 0.717) is 0 Å². The standard InChI is InChI=1S/C9H18BrN/c1-3-5-8-11(4-2)9-6-7-10/h3,5H,4,6-9H2,1-2H3/b5-3+. The SMILES string of the molecule is C/C=C/CN(CC)CCCBr. The molecule has 0 aliphatic rings. The third kappa shape index (κ3) is 6.57. The molecule has 0 spiro atoms. The minimum Gasteiger partial charge on any atom is -0.300 e. The van der Waals surface area contributed by atoms with Crippen LogP contribution in [0, 0.1) is 0 Å². The Morgan fingerprint density at radius 1 is 1.45 bits per heavy atom. The second-order valence-electron chi connectivity index (χ2n) is 2.50. The summed E-state index contributed by atoms with van der Waals surface area (Å²) in [5.41, 5.74) is 0. The van der Waals surface area contributed by atoms with Crippen LogP contribution >= 0.6 is 15.9 Å². The average molecular weight is 220 g/mol. The Bertz CT molecular complexity index is 102. The predicted octanol–water partition coefficient (Wildman–Crippen LogP) is 2.67. The Labute approximate surface area is 78.6 Å². The quantitative estimate of drug-likeness (QED) is 0.491. The van der Waals surface area contributed by atoms with Gasteiger partial charge < -0.3 is 0 Å². The summed E-state index contributed by atoms with van der Waals surface area (Å²) in [7, 11) is 0. The number of allylic oxidation sites excluding steroid dienone is 1. The zero-order valence-corrected chi connectivity index (χ0v) is 9.10. The highest BCUT2D eigenvalue weighted by molar-refractivity contribution is 9.09. The van der Waals surface area contributed by atoms with E-state index in [9.17, 15) is 0 Å². The molecular formula is C9H18BrN. The lowest BCUT2D eigenvalue weighted by atomic mass is 10.4. The van der Waals surface area contributed by atoms with E-state index in [0.717, 1.165) is 18.4 Å². The van der Waals surface area contributed by atoms with Crippen molar-refractivity contribution < 1.29 is 0 Å². The lowest BCUT2D eigenvalue weighted by Gasteiger charge is -2.17. The number of hydrogen-bond acceptors (Lipinski definition) is 1. The number of likely N-dealkylation sites (N-methyl/N-ethyl adjacent to an activating group) is 1. The van der Waals surface area contributed by atoms with Gasteiger partial charge in [0.15, 0.2) is 0 Å². The van der Waals surface area contributed by atoms with Gasteiger partial charge in [-0.1, -0.05) is 35.0 Å². The average Bonchev–Trinajstić information content (AvgIpc) is 2.05. The molecule has 0 aromatic heterocycles. The molecule has 0 aromatic rings. The van der Waals surface area contributed by atoms with E-state index in [1.165, 1.54) is 13.0 Å². The molecule has 2 heteroatoms. The first-order valence-electron chi connectivity index (χ1n) is 4.24. The molecule has 0 saturated carbocycles.